The molecule has 0 saturated carbocycles. The predicted octanol–water partition coefficient (Wildman–Crippen LogP) is 12.7. The van der Waals surface area contributed by atoms with E-state index in [-0.39, 0.29) is 0 Å². The standard InChI is InChI=1S/C55H36N4S/c1-2-15-36-30-39(25-24-33(36)12-1)53-56-54(43-22-11-18-34-13-5-7-19-40(34)43)58-55(57-53)51-47(28-29-49-50(51)44-27-26-35-14-6-8-20-41(35)52(44)60-49)59-46-23-10-9-21-42(46)45-31-37-16-3-4-17-38(37)32-48(45)59/h1-2,5-10,12-17,19-32H,3-4,11,18H2. The van der Waals surface area contributed by atoms with E-state index >= 15 is 0 Å². The van der Waals surface area contributed by atoms with Crippen molar-refractivity contribution in [2.75, 3.05) is 0 Å². The van der Waals surface area contributed by atoms with Crippen LogP contribution in [-0.2, 0) is 6.42 Å². The van der Waals surface area contributed by atoms with Gasteiger partial charge >= 0.3 is 0 Å². The number of aryl methyl sites for hydroxylation is 1. The van der Waals surface area contributed by atoms with Gasteiger partial charge < -0.3 is 4.57 Å². The van der Waals surface area contributed by atoms with Crippen molar-refractivity contribution in [3.05, 3.63) is 185 Å². The summed E-state index contributed by atoms with van der Waals surface area (Å²) in [7, 11) is 0. The van der Waals surface area contributed by atoms with Gasteiger partial charge in [0.15, 0.2) is 17.5 Å². The van der Waals surface area contributed by atoms with Crippen LogP contribution in [-0.4, -0.2) is 19.5 Å². The summed E-state index contributed by atoms with van der Waals surface area (Å²) in [6.07, 6.45) is 11.2. The number of nitrogens with zero attached hydrogens (tertiary/aromatic N) is 4. The summed E-state index contributed by atoms with van der Waals surface area (Å²) in [6, 6.07) is 55.4. The Morgan fingerprint density at radius 2 is 1.22 bits per heavy atom. The fourth-order valence-electron chi connectivity index (χ4n) is 9.90. The Balaban J connectivity index is 1.19. The Kier molecular flexibility index (Phi) is 7.39. The fourth-order valence-corrected chi connectivity index (χ4v) is 11.1. The highest BCUT2D eigenvalue weighted by Crippen LogP contribution is 2.46. The van der Waals surface area contributed by atoms with Crippen LogP contribution < -0.4 is 10.4 Å². The predicted molar refractivity (Wildman–Crippen MR) is 252 cm³/mol. The van der Waals surface area contributed by atoms with E-state index in [1.807, 2.05) is 11.3 Å². The molecule has 0 N–H and O–H groups in total. The molecule has 60 heavy (non-hydrogen) atoms. The van der Waals surface area contributed by atoms with Gasteiger partial charge in [-0.2, -0.15) is 0 Å². The van der Waals surface area contributed by atoms with E-state index in [0.717, 1.165) is 59.0 Å². The number of para-hydroxylation sites is 1. The van der Waals surface area contributed by atoms with Gasteiger partial charge in [-0.3, -0.25) is 0 Å². The van der Waals surface area contributed by atoms with Gasteiger partial charge in [-0.05, 0) is 105 Å². The van der Waals surface area contributed by atoms with E-state index in [2.05, 4.69) is 174 Å². The molecular weight excluding hydrogens is 749 g/mol. The average Bonchev–Trinajstić information content (AvgIpc) is 3.85. The van der Waals surface area contributed by atoms with Crippen molar-refractivity contribution < 1.29 is 0 Å². The number of thiophene rings is 1. The summed E-state index contributed by atoms with van der Waals surface area (Å²) in [6.45, 7) is 0. The molecule has 0 amide bonds. The van der Waals surface area contributed by atoms with E-state index in [1.165, 1.54) is 74.2 Å². The second-order valence-electron chi connectivity index (χ2n) is 16.1. The first-order chi connectivity index (χ1) is 29.7. The van der Waals surface area contributed by atoms with Crippen LogP contribution in [0.1, 0.15) is 36.2 Å². The van der Waals surface area contributed by atoms with Crippen molar-refractivity contribution in [3.63, 3.8) is 0 Å². The van der Waals surface area contributed by atoms with Crippen LogP contribution in [0.15, 0.2) is 158 Å². The minimum Gasteiger partial charge on any atom is -0.308 e. The van der Waals surface area contributed by atoms with Crippen molar-refractivity contribution in [2.45, 2.75) is 25.7 Å². The minimum absolute atomic E-state index is 0.666. The molecule has 4 nitrogen and oxygen atoms in total. The normalized spacial score (nSPS) is 13.8. The Labute approximate surface area is 349 Å². The lowest BCUT2D eigenvalue weighted by atomic mass is 9.90. The molecule has 0 spiro atoms. The zero-order valence-corrected chi connectivity index (χ0v) is 33.5. The van der Waals surface area contributed by atoms with Crippen molar-refractivity contribution in [2.24, 2.45) is 0 Å². The quantitative estimate of drug-likeness (QED) is 0.178. The monoisotopic (exact) mass is 784 g/mol. The van der Waals surface area contributed by atoms with Crippen molar-refractivity contribution in [3.8, 4) is 28.5 Å². The SMILES string of the molecule is C1=C(c2nc(-c3ccc4ccccc4c3)nc(-c3c(-n4c5ccccc5c5cc6c(cc54)=CCCC=6)ccc4sc5c6ccccc6ccc5c34)n2)c2ccccc2CC1. The van der Waals surface area contributed by atoms with Gasteiger partial charge in [-0.1, -0.05) is 133 Å². The summed E-state index contributed by atoms with van der Waals surface area (Å²) >= 11 is 1.86. The Hall–Kier alpha value is -7.21. The van der Waals surface area contributed by atoms with E-state index < -0.39 is 0 Å². The zero-order chi connectivity index (χ0) is 39.3. The minimum atomic E-state index is 0.666. The van der Waals surface area contributed by atoms with Crippen LogP contribution in [0, 0.1) is 0 Å². The molecule has 0 fully saturated rings. The van der Waals surface area contributed by atoms with Gasteiger partial charge in [0, 0.05) is 42.1 Å². The molecule has 13 rings (SSSR count). The lowest BCUT2D eigenvalue weighted by molar-refractivity contribution is 0.960. The molecule has 8 aromatic carbocycles. The summed E-state index contributed by atoms with van der Waals surface area (Å²) in [4.78, 5) is 16.5. The maximum absolute atomic E-state index is 5.60. The van der Waals surface area contributed by atoms with E-state index in [9.17, 15) is 0 Å². The highest BCUT2D eigenvalue weighted by Gasteiger charge is 2.26. The molecule has 3 heterocycles. The third-order valence-corrected chi connectivity index (χ3v) is 13.9. The third kappa shape index (κ3) is 5.12. The molecule has 0 atom stereocenters. The van der Waals surface area contributed by atoms with Crippen molar-refractivity contribution in [1.29, 1.82) is 0 Å². The lowest BCUT2D eigenvalue weighted by Crippen LogP contribution is -2.26. The molecule has 3 aromatic heterocycles. The molecule has 0 saturated heterocycles. The first-order valence-corrected chi connectivity index (χ1v) is 21.7. The van der Waals surface area contributed by atoms with Gasteiger partial charge in [0.1, 0.15) is 0 Å². The topological polar surface area (TPSA) is 43.6 Å². The van der Waals surface area contributed by atoms with Gasteiger partial charge in [0.05, 0.1) is 22.3 Å². The average molecular weight is 785 g/mol. The molecule has 2 aliphatic rings. The molecule has 0 bridgehead atoms. The molecule has 0 aliphatic heterocycles. The number of aromatic nitrogens is 4. The second kappa shape index (κ2) is 13.2. The molecule has 0 radical (unpaired) electrons. The summed E-state index contributed by atoms with van der Waals surface area (Å²) < 4.78 is 4.95. The van der Waals surface area contributed by atoms with Crippen LogP contribution in [0.25, 0.3) is 110 Å². The van der Waals surface area contributed by atoms with E-state index in [0.29, 0.717) is 17.5 Å². The van der Waals surface area contributed by atoms with Gasteiger partial charge in [-0.15, -0.1) is 11.3 Å². The fraction of sp³-hybridized carbons (Fsp3) is 0.0727. The summed E-state index contributed by atoms with van der Waals surface area (Å²) in [5.74, 6) is 2.04. The number of benzene rings is 8. The summed E-state index contributed by atoms with van der Waals surface area (Å²) in [5, 5.41) is 12.3. The number of hydrogen-bond donors (Lipinski definition) is 0. The van der Waals surface area contributed by atoms with Crippen LogP contribution in [0.3, 0.4) is 0 Å². The highest BCUT2D eigenvalue weighted by molar-refractivity contribution is 7.26. The number of hydrogen-bond acceptors (Lipinski definition) is 4. The first kappa shape index (κ1) is 33.7. The third-order valence-electron chi connectivity index (χ3n) is 12.7. The van der Waals surface area contributed by atoms with Gasteiger partial charge in [0.25, 0.3) is 0 Å². The molecule has 5 heteroatoms. The van der Waals surface area contributed by atoms with Gasteiger partial charge in [-0.25, -0.2) is 15.0 Å². The second-order valence-corrected chi connectivity index (χ2v) is 17.2. The molecular formula is C55H36N4S. The number of allylic oxidation sites excluding steroid dienone is 1. The van der Waals surface area contributed by atoms with E-state index in [1.54, 1.807) is 0 Å². The van der Waals surface area contributed by atoms with Crippen molar-refractivity contribution >= 4 is 92.6 Å². The van der Waals surface area contributed by atoms with Gasteiger partial charge in [0.2, 0.25) is 0 Å². The van der Waals surface area contributed by atoms with Crippen LogP contribution in [0.2, 0.25) is 0 Å². The smallest absolute Gasteiger partial charge is 0.166 e. The zero-order valence-electron chi connectivity index (χ0n) is 32.7. The highest BCUT2D eigenvalue weighted by atomic mass is 32.1. The first-order valence-electron chi connectivity index (χ1n) is 20.9. The van der Waals surface area contributed by atoms with E-state index in [4.69, 9.17) is 15.0 Å². The molecule has 0 unspecified atom stereocenters. The van der Waals surface area contributed by atoms with Crippen LogP contribution >= 0.6 is 11.3 Å². The Bertz CT molecular complexity index is 3790. The number of rotatable bonds is 4. The molecule has 11 aromatic rings. The van der Waals surface area contributed by atoms with Crippen LogP contribution in [0.5, 0.6) is 0 Å². The number of fused-ring (bicyclic) bond motifs is 11. The summed E-state index contributed by atoms with van der Waals surface area (Å²) in [5.41, 5.74) is 8.96. The Morgan fingerprint density at radius 3 is 2.13 bits per heavy atom. The van der Waals surface area contributed by atoms with Crippen LogP contribution in [0.4, 0.5) is 0 Å². The largest absolute Gasteiger partial charge is 0.308 e. The molecule has 282 valence electrons. The maximum Gasteiger partial charge on any atom is 0.166 e. The van der Waals surface area contributed by atoms with Crippen molar-refractivity contribution in [1.82, 2.24) is 19.5 Å². The Morgan fingerprint density at radius 1 is 0.483 bits per heavy atom. The lowest BCUT2D eigenvalue weighted by Gasteiger charge is -2.19. The molecule has 2 aliphatic carbocycles. The maximum atomic E-state index is 5.60.